The summed E-state index contributed by atoms with van der Waals surface area (Å²) in [7, 11) is 0. The van der Waals surface area contributed by atoms with Gasteiger partial charge < -0.3 is 10.2 Å². The first kappa shape index (κ1) is 11.4. The summed E-state index contributed by atoms with van der Waals surface area (Å²) in [5.74, 6) is 1.97. The lowest BCUT2D eigenvalue weighted by Gasteiger charge is -2.23. The fraction of sp³-hybridized carbons (Fsp3) is 1.00. The fourth-order valence-electron chi connectivity index (χ4n) is 3.28. The van der Waals surface area contributed by atoms with Crippen LogP contribution in [0.25, 0.3) is 0 Å². The van der Waals surface area contributed by atoms with Crippen LogP contribution in [0.5, 0.6) is 0 Å². The van der Waals surface area contributed by atoms with E-state index in [-0.39, 0.29) is 0 Å². The summed E-state index contributed by atoms with van der Waals surface area (Å²) in [4.78, 5) is 2.68. The van der Waals surface area contributed by atoms with E-state index in [9.17, 15) is 0 Å². The van der Waals surface area contributed by atoms with Crippen molar-refractivity contribution in [3.8, 4) is 0 Å². The van der Waals surface area contributed by atoms with Gasteiger partial charge in [0.05, 0.1) is 0 Å². The molecule has 1 saturated carbocycles. The van der Waals surface area contributed by atoms with Crippen LogP contribution in [-0.4, -0.2) is 37.1 Å². The molecule has 0 aromatic rings. The van der Waals surface area contributed by atoms with Crippen molar-refractivity contribution in [3.63, 3.8) is 0 Å². The molecular formula is C13H26N2. The Morgan fingerprint density at radius 1 is 1.27 bits per heavy atom. The smallest absolute Gasteiger partial charge is 0.0207 e. The summed E-state index contributed by atoms with van der Waals surface area (Å²) in [5.41, 5.74) is 0. The average molecular weight is 210 g/mol. The Hall–Kier alpha value is -0.0800. The predicted molar refractivity (Wildman–Crippen MR) is 65.0 cm³/mol. The maximum Gasteiger partial charge on any atom is 0.0207 e. The van der Waals surface area contributed by atoms with Gasteiger partial charge in [-0.25, -0.2) is 0 Å². The van der Waals surface area contributed by atoms with Crippen LogP contribution in [0.4, 0.5) is 0 Å². The molecule has 1 N–H and O–H groups in total. The van der Waals surface area contributed by atoms with Gasteiger partial charge in [-0.2, -0.15) is 0 Å². The second kappa shape index (κ2) is 5.31. The van der Waals surface area contributed by atoms with Crippen LogP contribution < -0.4 is 5.32 Å². The summed E-state index contributed by atoms with van der Waals surface area (Å²) in [6.45, 7) is 9.75. The van der Waals surface area contributed by atoms with Gasteiger partial charge in [0.15, 0.2) is 0 Å². The Bertz CT molecular complexity index is 193. The number of nitrogens with zero attached hydrogens (tertiary/aromatic N) is 1. The maximum absolute atomic E-state index is 3.57. The lowest BCUT2D eigenvalue weighted by atomic mass is 9.98. The van der Waals surface area contributed by atoms with Crippen molar-refractivity contribution in [2.75, 3.05) is 26.2 Å². The van der Waals surface area contributed by atoms with Crippen molar-refractivity contribution in [1.29, 1.82) is 0 Å². The molecule has 0 bridgehead atoms. The second-order valence-electron chi connectivity index (χ2n) is 5.47. The van der Waals surface area contributed by atoms with Crippen LogP contribution in [0, 0.1) is 11.8 Å². The van der Waals surface area contributed by atoms with Gasteiger partial charge in [0.2, 0.25) is 0 Å². The third-order valence-electron chi connectivity index (χ3n) is 4.30. The van der Waals surface area contributed by atoms with Gasteiger partial charge in [-0.3, -0.25) is 0 Å². The lowest BCUT2D eigenvalue weighted by Crippen LogP contribution is -2.34. The van der Waals surface area contributed by atoms with E-state index in [2.05, 4.69) is 24.1 Å². The first-order valence-electron chi connectivity index (χ1n) is 6.75. The molecule has 0 aromatic carbocycles. The van der Waals surface area contributed by atoms with Crippen LogP contribution in [0.1, 0.15) is 39.5 Å². The quantitative estimate of drug-likeness (QED) is 0.764. The molecule has 2 nitrogen and oxygen atoms in total. The molecule has 15 heavy (non-hydrogen) atoms. The highest BCUT2D eigenvalue weighted by Crippen LogP contribution is 2.32. The lowest BCUT2D eigenvalue weighted by molar-refractivity contribution is 0.244. The summed E-state index contributed by atoms with van der Waals surface area (Å²) in [6.07, 6.45) is 5.77. The molecule has 2 rings (SSSR count). The van der Waals surface area contributed by atoms with E-state index in [4.69, 9.17) is 0 Å². The Morgan fingerprint density at radius 2 is 2.13 bits per heavy atom. The highest BCUT2D eigenvalue weighted by atomic mass is 15.2. The summed E-state index contributed by atoms with van der Waals surface area (Å²) < 4.78 is 0. The number of likely N-dealkylation sites (tertiary alicyclic amines) is 1. The largest absolute Gasteiger partial charge is 0.313 e. The van der Waals surface area contributed by atoms with Gasteiger partial charge in [0, 0.05) is 19.1 Å². The molecule has 2 fully saturated rings. The molecule has 0 radical (unpaired) electrons. The normalized spacial score (nSPS) is 37.6. The number of hydrogen-bond acceptors (Lipinski definition) is 2. The fourth-order valence-corrected chi connectivity index (χ4v) is 3.28. The van der Waals surface area contributed by atoms with Crippen molar-refractivity contribution >= 4 is 0 Å². The minimum atomic E-state index is 0.770. The van der Waals surface area contributed by atoms with Crippen molar-refractivity contribution in [1.82, 2.24) is 10.2 Å². The van der Waals surface area contributed by atoms with Gasteiger partial charge in [-0.15, -0.1) is 0 Å². The Labute approximate surface area is 94.4 Å². The summed E-state index contributed by atoms with van der Waals surface area (Å²) in [6, 6.07) is 0.770. The van der Waals surface area contributed by atoms with E-state index in [1.54, 1.807) is 0 Å². The maximum atomic E-state index is 3.57. The van der Waals surface area contributed by atoms with Crippen molar-refractivity contribution < 1.29 is 0 Å². The van der Waals surface area contributed by atoms with Gasteiger partial charge in [0.25, 0.3) is 0 Å². The van der Waals surface area contributed by atoms with E-state index >= 15 is 0 Å². The third kappa shape index (κ3) is 2.94. The van der Waals surface area contributed by atoms with E-state index in [0.717, 1.165) is 24.4 Å². The zero-order valence-corrected chi connectivity index (χ0v) is 10.3. The Morgan fingerprint density at radius 3 is 2.80 bits per heavy atom. The zero-order valence-electron chi connectivity index (χ0n) is 10.3. The third-order valence-corrected chi connectivity index (χ3v) is 4.30. The van der Waals surface area contributed by atoms with E-state index in [0.29, 0.717) is 0 Å². The standard InChI is InChI=1S/C13H26N2/c1-3-14-13-7-8-15(10-13)9-12-6-4-5-11(12)2/h11-14H,3-10H2,1-2H3. The minimum absolute atomic E-state index is 0.770. The first-order chi connectivity index (χ1) is 7.29. The molecule has 88 valence electrons. The van der Waals surface area contributed by atoms with Crippen LogP contribution in [0.3, 0.4) is 0 Å². The SMILES string of the molecule is CCNC1CCN(CC2CCCC2C)C1. The Kier molecular flexibility index (Phi) is 4.04. The zero-order chi connectivity index (χ0) is 10.7. The van der Waals surface area contributed by atoms with Gasteiger partial charge in [0.1, 0.15) is 0 Å². The molecule has 0 spiro atoms. The van der Waals surface area contributed by atoms with Crippen molar-refractivity contribution in [2.24, 2.45) is 11.8 Å². The number of nitrogens with one attached hydrogen (secondary N) is 1. The molecular weight excluding hydrogens is 184 g/mol. The Balaban J connectivity index is 1.72. The van der Waals surface area contributed by atoms with Crippen LogP contribution >= 0.6 is 0 Å². The average Bonchev–Trinajstić information content (AvgIpc) is 2.79. The molecule has 3 unspecified atom stereocenters. The molecule has 1 saturated heterocycles. The van der Waals surface area contributed by atoms with Crippen LogP contribution in [-0.2, 0) is 0 Å². The molecule has 2 aliphatic rings. The summed E-state index contributed by atoms with van der Waals surface area (Å²) >= 11 is 0. The number of hydrogen-bond donors (Lipinski definition) is 1. The van der Waals surface area contributed by atoms with E-state index < -0.39 is 0 Å². The monoisotopic (exact) mass is 210 g/mol. The molecule has 0 aromatic heterocycles. The molecule has 2 heteroatoms. The topological polar surface area (TPSA) is 15.3 Å². The van der Waals surface area contributed by atoms with E-state index in [1.807, 2.05) is 0 Å². The molecule has 1 aliphatic carbocycles. The first-order valence-corrected chi connectivity index (χ1v) is 6.75. The molecule has 1 aliphatic heterocycles. The second-order valence-corrected chi connectivity index (χ2v) is 5.47. The number of rotatable bonds is 4. The van der Waals surface area contributed by atoms with Crippen LogP contribution in [0.2, 0.25) is 0 Å². The highest BCUT2D eigenvalue weighted by molar-refractivity contribution is 4.84. The molecule has 1 heterocycles. The number of likely N-dealkylation sites (N-methyl/N-ethyl adjacent to an activating group) is 1. The van der Waals surface area contributed by atoms with Crippen LogP contribution in [0.15, 0.2) is 0 Å². The van der Waals surface area contributed by atoms with Crippen molar-refractivity contribution in [2.45, 2.75) is 45.6 Å². The van der Waals surface area contributed by atoms with Crippen molar-refractivity contribution in [3.05, 3.63) is 0 Å². The molecule has 0 amide bonds. The predicted octanol–water partition coefficient (Wildman–Crippen LogP) is 2.11. The highest BCUT2D eigenvalue weighted by Gasteiger charge is 2.28. The van der Waals surface area contributed by atoms with E-state index in [1.165, 1.54) is 45.3 Å². The van der Waals surface area contributed by atoms with Gasteiger partial charge in [-0.05, 0) is 37.8 Å². The van der Waals surface area contributed by atoms with Gasteiger partial charge in [-0.1, -0.05) is 26.7 Å². The molecule has 3 atom stereocenters. The summed E-state index contributed by atoms with van der Waals surface area (Å²) in [5, 5.41) is 3.57. The minimum Gasteiger partial charge on any atom is -0.313 e. The van der Waals surface area contributed by atoms with Gasteiger partial charge >= 0.3 is 0 Å².